The number of imidazole rings is 1. The highest BCUT2D eigenvalue weighted by atomic mass is 35.5. The molecule has 2 fully saturated rings. The molecule has 3 aromatic heterocycles. The smallest absolute Gasteiger partial charge is 0.229 e. The molecule has 0 amide bonds. The summed E-state index contributed by atoms with van der Waals surface area (Å²) in [5.74, 6) is -1.30. The summed E-state index contributed by atoms with van der Waals surface area (Å²) in [6, 6.07) is 7.14. The Kier molecular flexibility index (Phi) is 8.22. The van der Waals surface area contributed by atoms with Gasteiger partial charge < -0.3 is 25.4 Å². The molecular weight excluding hydrogens is 616 g/mol. The number of benzene rings is 1. The van der Waals surface area contributed by atoms with Crippen LogP contribution in [0.1, 0.15) is 12.5 Å². The van der Waals surface area contributed by atoms with Gasteiger partial charge in [-0.3, -0.25) is 4.98 Å². The molecule has 0 spiro atoms. The van der Waals surface area contributed by atoms with Crippen LogP contribution in [0.2, 0.25) is 0 Å². The molecule has 2 aliphatic rings. The van der Waals surface area contributed by atoms with Gasteiger partial charge in [-0.05, 0) is 35.9 Å². The second-order valence-corrected chi connectivity index (χ2v) is 14.4. The highest BCUT2D eigenvalue weighted by molar-refractivity contribution is 7.90. The minimum Gasteiger partial charge on any atom is -0.377 e. The number of ether oxygens (including phenoxy) is 2. The molecular formula is C29H32ClF2N7O4S. The normalized spacial score (nSPS) is 21.8. The molecule has 6 rings (SSSR count). The molecule has 11 nitrogen and oxygen atoms in total. The van der Waals surface area contributed by atoms with Crippen LogP contribution < -0.4 is 16.0 Å². The molecule has 0 radical (unpaired) electrons. The molecule has 2 aliphatic heterocycles. The first-order chi connectivity index (χ1) is 20.9. The minimum absolute atomic E-state index is 0.0116. The van der Waals surface area contributed by atoms with Gasteiger partial charge in [-0.25, -0.2) is 22.2 Å². The molecule has 0 bridgehead atoms. The van der Waals surface area contributed by atoms with Crippen molar-refractivity contribution in [1.29, 1.82) is 0 Å². The molecule has 15 heteroatoms. The Morgan fingerprint density at radius 2 is 1.93 bits per heavy atom. The average molecular weight is 648 g/mol. The van der Waals surface area contributed by atoms with Crippen LogP contribution >= 0.6 is 11.6 Å². The van der Waals surface area contributed by atoms with E-state index in [2.05, 4.69) is 25.3 Å². The molecule has 5 heterocycles. The van der Waals surface area contributed by atoms with Gasteiger partial charge in [-0.2, -0.15) is 9.61 Å². The molecule has 0 aliphatic carbocycles. The number of pyridine rings is 1. The number of piperidine rings is 1. The van der Waals surface area contributed by atoms with Crippen LogP contribution in [-0.2, 0) is 24.2 Å². The van der Waals surface area contributed by atoms with Crippen LogP contribution in [0, 0.1) is 17.6 Å². The summed E-state index contributed by atoms with van der Waals surface area (Å²) in [5.41, 5.74) is 8.66. The van der Waals surface area contributed by atoms with Crippen molar-refractivity contribution < 1.29 is 26.7 Å². The molecule has 4 aromatic rings. The quantitative estimate of drug-likeness (QED) is 0.260. The number of nitrogens with two attached hydrogens (primary N) is 1. The van der Waals surface area contributed by atoms with Crippen molar-refractivity contribution in [3.63, 3.8) is 0 Å². The second-order valence-electron chi connectivity index (χ2n) is 11.4. The zero-order valence-electron chi connectivity index (χ0n) is 24.1. The first-order valence-electron chi connectivity index (χ1n) is 14.0. The highest BCUT2D eigenvalue weighted by Gasteiger charge is 2.39. The zero-order chi connectivity index (χ0) is 31.2. The first-order valence-corrected chi connectivity index (χ1v) is 16.5. The fourth-order valence-corrected chi connectivity index (χ4v) is 6.29. The van der Waals surface area contributed by atoms with Gasteiger partial charge in [0.1, 0.15) is 26.3 Å². The fraction of sp³-hybridized carbons (Fsp3) is 0.414. The summed E-state index contributed by atoms with van der Waals surface area (Å²) < 4.78 is 66.0. The third-order valence-electron chi connectivity index (χ3n) is 7.93. The summed E-state index contributed by atoms with van der Waals surface area (Å²) in [5, 5.41) is 7.78. The lowest BCUT2D eigenvalue weighted by Gasteiger charge is -2.42. The number of aromatic nitrogens is 4. The number of nitrogens with zero attached hydrogens (tertiary/aromatic N) is 5. The Morgan fingerprint density at radius 3 is 2.59 bits per heavy atom. The Bertz CT molecular complexity index is 1770. The van der Waals surface area contributed by atoms with E-state index in [0.717, 1.165) is 5.69 Å². The number of hydrogen-bond acceptors (Lipinski definition) is 10. The standard InChI is InChI=1S/C29H32ClF2N7O4S/c1-17-13-38(14-22(33)27(17)43-7-8-44(2,40)41)25-5-6-34-12-24(25)36-28-35-11-19-3-4-23(37-39(19)28)26-20(31)9-18(10-21(26)32)29(30)15-42-16-29/h3-6,9-12,17,22,27H,7-8,13-16,33H2,1-2H3,(H,35,36). The summed E-state index contributed by atoms with van der Waals surface area (Å²) in [4.78, 5) is 9.88. The van der Waals surface area contributed by atoms with Gasteiger partial charge >= 0.3 is 0 Å². The van der Waals surface area contributed by atoms with Crippen LogP contribution in [0.3, 0.4) is 0 Å². The number of hydrogen-bond donors (Lipinski definition) is 2. The monoisotopic (exact) mass is 647 g/mol. The predicted molar refractivity (Wildman–Crippen MR) is 163 cm³/mol. The minimum atomic E-state index is -3.14. The van der Waals surface area contributed by atoms with E-state index >= 15 is 8.78 Å². The topological polar surface area (TPSA) is 137 Å². The molecule has 44 heavy (non-hydrogen) atoms. The van der Waals surface area contributed by atoms with Gasteiger partial charge in [0.05, 0.1) is 72.2 Å². The number of nitrogens with one attached hydrogen (secondary N) is 1. The van der Waals surface area contributed by atoms with Crippen molar-refractivity contribution in [2.45, 2.75) is 23.9 Å². The largest absolute Gasteiger partial charge is 0.377 e. The lowest BCUT2D eigenvalue weighted by molar-refractivity contribution is -0.0154. The second kappa shape index (κ2) is 11.8. The van der Waals surface area contributed by atoms with Crippen LogP contribution in [0.4, 0.5) is 26.1 Å². The van der Waals surface area contributed by atoms with E-state index in [0.29, 0.717) is 35.8 Å². The molecule has 3 N–H and O–H groups in total. The van der Waals surface area contributed by atoms with Crippen LogP contribution in [0.25, 0.3) is 16.8 Å². The highest BCUT2D eigenvalue weighted by Crippen LogP contribution is 2.39. The van der Waals surface area contributed by atoms with Gasteiger partial charge in [0.15, 0.2) is 0 Å². The van der Waals surface area contributed by atoms with Crippen molar-refractivity contribution in [3.05, 3.63) is 66.1 Å². The molecule has 234 valence electrons. The van der Waals surface area contributed by atoms with Crippen molar-refractivity contribution >= 4 is 44.3 Å². The molecule has 0 saturated carbocycles. The molecule has 1 aromatic carbocycles. The van der Waals surface area contributed by atoms with E-state index in [4.69, 9.17) is 26.8 Å². The van der Waals surface area contributed by atoms with E-state index in [9.17, 15) is 8.42 Å². The fourth-order valence-electron chi connectivity index (χ4n) is 5.63. The van der Waals surface area contributed by atoms with Crippen molar-refractivity contribution in [2.75, 3.05) is 55.1 Å². The lowest BCUT2D eigenvalue weighted by Crippen LogP contribution is -2.57. The van der Waals surface area contributed by atoms with E-state index < -0.39 is 26.3 Å². The maximum absolute atomic E-state index is 15.3. The van der Waals surface area contributed by atoms with E-state index in [1.807, 2.05) is 13.0 Å². The molecule has 3 atom stereocenters. The van der Waals surface area contributed by atoms with Crippen molar-refractivity contribution in [3.8, 4) is 11.3 Å². The van der Waals surface area contributed by atoms with Gasteiger partial charge in [-0.15, -0.1) is 11.6 Å². The summed E-state index contributed by atoms with van der Waals surface area (Å²) in [6.07, 6.45) is 5.79. The van der Waals surface area contributed by atoms with Gasteiger partial charge in [0, 0.05) is 37.5 Å². The number of alkyl halides is 1. The maximum Gasteiger partial charge on any atom is 0.229 e. The number of sulfone groups is 1. The van der Waals surface area contributed by atoms with Gasteiger partial charge in [-0.1, -0.05) is 6.92 Å². The Morgan fingerprint density at radius 1 is 1.18 bits per heavy atom. The number of rotatable bonds is 9. The number of halogens is 3. The lowest BCUT2D eigenvalue weighted by atomic mass is 9.92. The van der Waals surface area contributed by atoms with E-state index in [1.54, 1.807) is 24.7 Å². The molecule has 3 unspecified atom stereocenters. The third-order valence-corrected chi connectivity index (χ3v) is 9.28. The zero-order valence-corrected chi connectivity index (χ0v) is 25.7. The van der Waals surface area contributed by atoms with Crippen LogP contribution in [0.5, 0.6) is 0 Å². The Hall–Kier alpha value is -3.43. The van der Waals surface area contributed by atoms with Crippen LogP contribution in [-0.4, -0.2) is 85.1 Å². The Labute approximate surface area is 258 Å². The van der Waals surface area contributed by atoms with E-state index in [1.165, 1.54) is 29.0 Å². The third kappa shape index (κ3) is 6.09. The average Bonchev–Trinajstić information content (AvgIpc) is 3.34. The van der Waals surface area contributed by atoms with Crippen LogP contribution in [0.15, 0.2) is 48.9 Å². The van der Waals surface area contributed by atoms with Crippen molar-refractivity contribution in [1.82, 2.24) is 19.6 Å². The van der Waals surface area contributed by atoms with Gasteiger partial charge in [0.25, 0.3) is 0 Å². The SMILES string of the molecule is CC1CN(c2ccncc2Nc2ncc3ccc(-c4c(F)cc(C5(Cl)COC5)cc4F)nn23)CC(N)C1OCCS(C)(=O)=O. The summed E-state index contributed by atoms with van der Waals surface area (Å²) in [7, 11) is -3.14. The van der Waals surface area contributed by atoms with Gasteiger partial charge in [0.2, 0.25) is 5.95 Å². The molecule has 2 saturated heterocycles. The van der Waals surface area contributed by atoms with Crippen molar-refractivity contribution in [2.24, 2.45) is 11.7 Å². The number of fused-ring (bicyclic) bond motifs is 1. The van der Waals surface area contributed by atoms with E-state index in [-0.39, 0.29) is 54.9 Å². The predicted octanol–water partition coefficient (Wildman–Crippen LogP) is 3.49. The summed E-state index contributed by atoms with van der Waals surface area (Å²) >= 11 is 6.43. The first kappa shape index (κ1) is 30.6. The number of anilines is 3. The summed E-state index contributed by atoms with van der Waals surface area (Å²) in [6.45, 7) is 3.52. The maximum atomic E-state index is 15.3. The Balaban J connectivity index is 1.24.